The standard InChI is InChI=1S/C28H30N2O5/c1-21(18-31)30(2)27(32)26(29-28(33)35-20-24-11-7-4-8-12-24)17-22-13-15-25(16-14-22)34-19-23-9-5-3-6-10-23/h3-16,18,21,26H,17,19-20H2,1-2H3,(H,29,33)/t21-,26+/m1/s1. The fraction of sp³-hybridized carbons (Fsp3) is 0.250. The second kappa shape index (κ2) is 12.9. The normalized spacial score (nSPS) is 12.2. The number of aldehydes is 1. The van der Waals surface area contributed by atoms with E-state index in [1.165, 1.54) is 11.9 Å². The van der Waals surface area contributed by atoms with Crippen LogP contribution in [0.5, 0.6) is 5.75 Å². The summed E-state index contributed by atoms with van der Waals surface area (Å²) in [5.74, 6) is 0.313. The van der Waals surface area contributed by atoms with Crippen LogP contribution in [0.4, 0.5) is 4.79 Å². The number of amides is 2. The van der Waals surface area contributed by atoms with Crippen LogP contribution in [-0.2, 0) is 34.0 Å². The van der Waals surface area contributed by atoms with Gasteiger partial charge in [-0.2, -0.15) is 0 Å². The monoisotopic (exact) mass is 474 g/mol. The maximum absolute atomic E-state index is 13.1. The topological polar surface area (TPSA) is 84.9 Å². The number of likely N-dealkylation sites (N-methyl/N-ethyl adjacent to an activating group) is 1. The van der Waals surface area contributed by atoms with Crippen LogP contribution >= 0.6 is 0 Å². The van der Waals surface area contributed by atoms with Gasteiger partial charge in [-0.05, 0) is 35.7 Å². The third kappa shape index (κ3) is 7.99. The van der Waals surface area contributed by atoms with Crippen LogP contribution in [-0.4, -0.2) is 42.3 Å². The Kier molecular flexibility index (Phi) is 9.42. The average Bonchev–Trinajstić information content (AvgIpc) is 2.91. The van der Waals surface area contributed by atoms with Crippen LogP contribution in [0, 0.1) is 0 Å². The molecule has 0 unspecified atom stereocenters. The van der Waals surface area contributed by atoms with E-state index in [1.807, 2.05) is 84.9 Å². The first kappa shape index (κ1) is 25.5. The van der Waals surface area contributed by atoms with Gasteiger partial charge in [-0.3, -0.25) is 4.79 Å². The summed E-state index contributed by atoms with van der Waals surface area (Å²) in [5, 5.41) is 2.66. The Balaban J connectivity index is 1.64. The molecule has 3 aromatic rings. The second-order valence-electron chi connectivity index (χ2n) is 8.21. The summed E-state index contributed by atoms with van der Waals surface area (Å²) < 4.78 is 11.1. The van der Waals surface area contributed by atoms with E-state index in [0.29, 0.717) is 18.6 Å². The molecule has 182 valence electrons. The van der Waals surface area contributed by atoms with Crippen molar-refractivity contribution in [2.75, 3.05) is 7.05 Å². The molecular formula is C28H30N2O5. The van der Waals surface area contributed by atoms with Gasteiger partial charge in [0.2, 0.25) is 5.91 Å². The number of ether oxygens (including phenoxy) is 2. The molecule has 3 rings (SSSR count). The van der Waals surface area contributed by atoms with Gasteiger partial charge < -0.3 is 24.5 Å². The number of nitrogens with one attached hydrogen (secondary N) is 1. The quantitative estimate of drug-likeness (QED) is 0.422. The molecule has 1 N–H and O–H groups in total. The minimum absolute atomic E-state index is 0.0849. The first-order chi connectivity index (χ1) is 17.0. The van der Waals surface area contributed by atoms with E-state index in [2.05, 4.69) is 5.32 Å². The lowest BCUT2D eigenvalue weighted by Crippen LogP contribution is -2.51. The minimum atomic E-state index is -0.901. The smallest absolute Gasteiger partial charge is 0.408 e. The largest absolute Gasteiger partial charge is 0.489 e. The summed E-state index contributed by atoms with van der Waals surface area (Å²) in [6.07, 6.45) is 0.206. The Bertz CT molecular complexity index is 1090. The van der Waals surface area contributed by atoms with Crippen molar-refractivity contribution >= 4 is 18.3 Å². The molecule has 2 amide bonds. The van der Waals surface area contributed by atoms with Gasteiger partial charge >= 0.3 is 6.09 Å². The van der Waals surface area contributed by atoms with E-state index >= 15 is 0 Å². The van der Waals surface area contributed by atoms with Gasteiger partial charge in [-0.25, -0.2) is 4.79 Å². The zero-order chi connectivity index (χ0) is 25.0. The molecule has 0 aliphatic rings. The minimum Gasteiger partial charge on any atom is -0.489 e. The summed E-state index contributed by atoms with van der Waals surface area (Å²) in [5.41, 5.74) is 2.72. The van der Waals surface area contributed by atoms with Gasteiger partial charge in [0, 0.05) is 13.5 Å². The summed E-state index contributed by atoms with van der Waals surface area (Å²) in [7, 11) is 1.53. The molecule has 0 radical (unpaired) electrons. The summed E-state index contributed by atoms with van der Waals surface area (Å²) in [4.78, 5) is 38.0. The zero-order valence-electron chi connectivity index (χ0n) is 19.9. The van der Waals surface area contributed by atoms with Crippen molar-refractivity contribution in [3.8, 4) is 5.75 Å². The molecular weight excluding hydrogens is 444 g/mol. The van der Waals surface area contributed by atoms with Crippen molar-refractivity contribution in [3.63, 3.8) is 0 Å². The van der Waals surface area contributed by atoms with Crippen LogP contribution in [0.1, 0.15) is 23.6 Å². The first-order valence-corrected chi connectivity index (χ1v) is 11.4. The van der Waals surface area contributed by atoms with Crippen molar-refractivity contribution in [1.82, 2.24) is 10.2 Å². The summed E-state index contributed by atoms with van der Waals surface area (Å²) in [6.45, 7) is 2.15. The number of benzene rings is 3. The van der Waals surface area contributed by atoms with Crippen LogP contribution in [0.25, 0.3) is 0 Å². The van der Waals surface area contributed by atoms with Crippen LogP contribution < -0.4 is 10.1 Å². The highest BCUT2D eigenvalue weighted by Crippen LogP contribution is 2.16. The predicted octanol–water partition coefficient (Wildman–Crippen LogP) is 4.15. The molecule has 0 bridgehead atoms. The maximum Gasteiger partial charge on any atom is 0.408 e. The number of rotatable bonds is 11. The number of carbonyl (C=O) groups is 3. The van der Waals surface area contributed by atoms with Crippen LogP contribution in [0.15, 0.2) is 84.9 Å². The van der Waals surface area contributed by atoms with E-state index in [-0.39, 0.29) is 18.9 Å². The van der Waals surface area contributed by atoms with Crippen molar-refractivity contribution in [1.29, 1.82) is 0 Å². The number of alkyl carbamates (subject to hydrolysis) is 1. The zero-order valence-corrected chi connectivity index (χ0v) is 19.9. The molecule has 0 aliphatic heterocycles. The number of hydrogen-bond donors (Lipinski definition) is 1. The van der Waals surface area contributed by atoms with Gasteiger partial charge in [0.15, 0.2) is 0 Å². The molecule has 0 aliphatic carbocycles. The fourth-order valence-corrected chi connectivity index (χ4v) is 3.34. The average molecular weight is 475 g/mol. The van der Waals surface area contributed by atoms with E-state index in [1.54, 1.807) is 6.92 Å². The van der Waals surface area contributed by atoms with Gasteiger partial charge in [0.05, 0.1) is 6.04 Å². The molecule has 7 heteroatoms. The molecule has 3 aromatic carbocycles. The van der Waals surface area contributed by atoms with Crippen LogP contribution in [0.3, 0.4) is 0 Å². The number of carbonyl (C=O) groups excluding carboxylic acids is 3. The SMILES string of the molecule is C[C@H](C=O)N(C)C(=O)[C@H](Cc1ccc(OCc2ccccc2)cc1)NC(=O)OCc1ccccc1. The van der Waals surface area contributed by atoms with Crippen molar-refractivity contribution in [2.45, 2.75) is 38.6 Å². The van der Waals surface area contributed by atoms with Crippen molar-refractivity contribution < 1.29 is 23.9 Å². The number of nitrogens with zero attached hydrogens (tertiary/aromatic N) is 1. The third-order valence-electron chi connectivity index (χ3n) is 5.57. The van der Waals surface area contributed by atoms with Crippen molar-refractivity contribution in [2.24, 2.45) is 0 Å². The van der Waals surface area contributed by atoms with Gasteiger partial charge in [-0.1, -0.05) is 72.8 Å². The predicted molar refractivity (Wildman–Crippen MR) is 133 cm³/mol. The third-order valence-corrected chi connectivity index (χ3v) is 5.57. The second-order valence-corrected chi connectivity index (χ2v) is 8.21. The highest BCUT2D eigenvalue weighted by atomic mass is 16.5. The molecule has 35 heavy (non-hydrogen) atoms. The Morgan fingerprint density at radius 1 is 0.857 bits per heavy atom. The molecule has 0 saturated carbocycles. The summed E-state index contributed by atoms with van der Waals surface area (Å²) in [6, 6.07) is 24.9. The van der Waals surface area contributed by atoms with E-state index < -0.39 is 18.2 Å². The van der Waals surface area contributed by atoms with E-state index in [9.17, 15) is 14.4 Å². The molecule has 0 fully saturated rings. The number of hydrogen-bond acceptors (Lipinski definition) is 5. The maximum atomic E-state index is 13.1. The molecule has 0 aromatic heterocycles. The Hall–Kier alpha value is -4.13. The Morgan fingerprint density at radius 3 is 2.00 bits per heavy atom. The lowest BCUT2D eigenvalue weighted by Gasteiger charge is -2.26. The van der Waals surface area contributed by atoms with Gasteiger partial charge in [-0.15, -0.1) is 0 Å². The van der Waals surface area contributed by atoms with E-state index in [4.69, 9.17) is 9.47 Å². The Labute approximate surface area is 205 Å². The highest BCUT2D eigenvalue weighted by molar-refractivity contribution is 5.87. The molecule has 0 saturated heterocycles. The molecule has 7 nitrogen and oxygen atoms in total. The molecule has 0 heterocycles. The fourth-order valence-electron chi connectivity index (χ4n) is 3.34. The molecule has 0 spiro atoms. The first-order valence-electron chi connectivity index (χ1n) is 11.4. The lowest BCUT2D eigenvalue weighted by molar-refractivity contribution is -0.136. The molecule has 2 atom stereocenters. The van der Waals surface area contributed by atoms with Crippen molar-refractivity contribution in [3.05, 3.63) is 102 Å². The lowest BCUT2D eigenvalue weighted by atomic mass is 10.0. The highest BCUT2D eigenvalue weighted by Gasteiger charge is 2.27. The Morgan fingerprint density at radius 2 is 1.43 bits per heavy atom. The van der Waals surface area contributed by atoms with Crippen LogP contribution in [0.2, 0.25) is 0 Å². The van der Waals surface area contributed by atoms with Gasteiger partial charge in [0.1, 0.15) is 31.3 Å². The van der Waals surface area contributed by atoms with E-state index in [0.717, 1.165) is 16.7 Å². The summed E-state index contributed by atoms with van der Waals surface area (Å²) >= 11 is 0. The van der Waals surface area contributed by atoms with Gasteiger partial charge in [0.25, 0.3) is 0 Å².